The van der Waals surface area contributed by atoms with E-state index in [0.29, 0.717) is 16.7 Å². The highest BCUT2D eigenvalue weighted by molar-refractivity contribution is 6.31. The number of hydrazone groups is 1. The first-order valence-electron chi connectivity index (χ1n) is 9.07. The van der Waals surface area contributed by atoms with Crippen molar-refractivity contribution in [2.75, 3.05) is 5.43 Å². The molecule has 10 heteroatoms. The summed E-state index contributed by atoms with van der Waals surface area (Å²) in [7, 11) is 3.00. The summed E-state index contributed by atoms with van der Waals surface area (Å²) >= 11 is 6.33. The zero-order valence-electron chi connectivity index (χ0n) is 16.3. The van der Waals surface area contributed by atoms with Crippen molar-refractivity contribution in [3.05, 3.63) is 85.8 Å². The first-order chi connectivity index (χ1) is 14.5. The molecule has 4 rings (SSSR count). The van der Waals surface area contributed by atoms with Crippen molar-refractivity contribution in [3.8, 4) is 0 Å². The Morgan fingerprint density at radius 1 is 1.10 bits per heavy atom. The molecule has 152 valence electrons. The fourth-order valence-electron chi connectivity index (χ4n) is 3.09. The van der Waals surface area contributed by atoms with Crippen LogP contribution in [0.5, 0.6) is 0 Å². The zero-order valence-corrected chi connectivity index (χ0v) is 17.0. The lowest BCUT2D eigenvalue weighted by Crippen LogP contribution is -2.37. The van der Waals surface area contributed by atoms with E-state index in [-0.39, 0.29) is 17.7 Å². The van der Waals surface area contributed by atoms with Crippen LogP contribution in [0.3, 0.4) is 0 Å². The zero-order chi connectivity index (χ0) is 21.3. The van der Waals surface area contributed by atoms with Gasteiger partial charge in [-0.15, -0.1) is 0 Å². The molecule has 9 nitrogen and oxygen atoms in total. The molecule has 4 aromatic rings. The number of anilines is 1. The van der Waals surface area contributed by atoms with Crippen LogP contribution in [0.25, 0.3) is 11.2 Å². The lowest BCUT2D eigenvalue weighted by molar-refractivity contribution is 0.702. The lowest BCUT2D eigenvalue weighted by atomic mass is 10.2. The van der Waals surface area contributed by atoms with Crippen LogP contribution in [0.4, 0.5) is 5.95 Å². The molecule has 0 aliphatic carbocycles. The van der Waals surface area contributed by atoms with E-state index < -0.39 is 11.2 Å². The van der Waals surface area contributed by atoms with Crippen LogP contribution in [0.15, 0.2) is 63.4 Å². The molecule has 0 saturated carbocycles. The summed E-state index contributed by atoms with van der Waals surface area (Å²) in [5.74, 6) is 0.301. The lowest BCUT2D eigenvalue weighted by Gasteiger charge is -2.10. The van der Waals surface area contributed by atoms with Crippen molar-refractivity contribution >= 4 is 34.9 Å². The second kappa shape index (κ2) is 7.96. The van der Waals surface area contributed by atoms with E-state index in [2.05, 4.69) is 20.5 Å². The Hall–Kier alpha value is -3.72. The number of nitrogens with one attached hydrogen (secondary N) is 1. The number of pyridine rings is 1. The highest BCUT2D eigenvalue weighted by Gasteiger charge is 2.19. The first-order valence-corrected chi connectivity index (χ1v) is 9.45. The Balaban J connectivity index is 1.86. The molecule has 3 aromatic heterocycles. The summed E-state index contributed by atoms with van der Waals surface area (Å²) < 4.78 is 4.04. The average molecular weight is 424 g/mol. The molecule has 1 aromatic carbocycles. The fraction of sp³-hybridized carbons (Fsp3) is 0.150. The minimum atomic E-state index is -0.460. The maximum Gasteiger partial charge on any atom is 0.332 e. The summed E-state index contributed by atoms with van der Waals surface area (Å²) in [6.45, 7) is 0.269. The number of halogens is 1. The molecule has 1 N–H and O–H groups in total. The van der Waals surface area contributed by atoms with Gasteiger partial charge in [-0.2, -0.15) is 10.1 Å². The van der Waals surface area contributed by atoms with E-state index in [9.17, 15) is 9.59 Å². The van der Waals surface area contributed by atoms with Crippen LogP contribution in [-0.4, -0.2) is 29.9 Å². The van der Waals surface area contributed by atoms with E-state index in [1.54, 1.807) is 29.9 Å². The fourth-order valence-corrected chi connectivity index (χ4v) is 3.29. The molecule has 0 unspecified atom stereocenters. The number of fused-ring (bicyclic) bond motifs is 1. The minimum Gasteiger partial charge on any atom is -0.298 e. The van der Waals surface area contributed by atoms with Gasteiger partial charge in [0.25, 0.3) is 5.56 Å². The molecule has 0 bridgehead atoms. The monoisotopic (exact) mass is 423 g/mol. The smallest absolute Gasteiger partial charge is 0.298 e. The average Bonchev–Trinajstić information content (AvgIpc) is 3.11. The predicted octanol–water partition coefficient (Wildman–Crippen LogP) is 1.98. The minimum absolute atomic E-state index is 0.255. The summed E-state index contributed by atoms with van der Waals surface area (Å²) in [4.78, 5) is 33.8. The van der Waals surface area contributed by atoms with Crippen LogP contribution >= 0.6 is 11.6 Å². The second-order valence-electron chi connectivity index (χ2n) is 6.62. The highest BCUT2D eigenvalue weighted by atomic mass is 35.5. The molecule has 0 aliphatic rings. The Morgan fingerprint density at radius 3 is 2.60 bits per heavy atom. The maximum absolute atomic E-state index is 12.9. The Bertz CT molecular complexity index is 1370. The SMILES string of the molecule is Cn1c(=O)c2c(nc(N/N=C\c3ccccn3)n2Cc2ccccc2Cl)n(C)c1=O. The van der Waals surface area contributed by atoms with Gasteiger partial charge >= 0.3 is 5.69 Å². The predicted molar refractivity (Wildman–Crippen MR) is 116 cm³/mol. The largest absolute Gasteiger partial charge is 0.332 e. The van der Waals surface area contributed by atoms with E-state index in [4.69, 9.17) is 11.6 Å². The molecule has 0 radical (unpaired) electrons. The molecule has 0 spiro atoms. The third-order valence-corrected chi connectivity index (χ3v) is 5.05. The molecule has 0 aliphatic heterocycles. The number of nitrogens with zero attached hydrogens (tertiary/aromatic N) is 6. The van der Waals surface area contributed by atoms with Gasteiger partial charge in [0.15, 0.2) is 11.2 Å². The van der Waals surface area contributed by atoms with Gasteiger partial charge in [0.2, 0.25) is 5.95 Å². The number of aromatic nitrogens is 5. The third kappa shape index (κ3) is 3.50. The van der Waals surface area contributed by atoms with Gasteiger partial charge in [-0.3, -0.25) is 23.5 Å². The summed E-state index contributed by atoms with van der Waals surface area (Å²) in [5, 5.41) is 4.75. The van der Waals surface area contributed by atoms with Gasteiger partial charge in [-0.1, -0.05) is 35.9 Å². The first kappa shape index (κ1) is 19.6. The number of imidazole rings is 1. The van der Waals surface area contributed by atoms with E-state index in [1.165, 1.54) is 17.8 Å². The molecular weight excluding hydrogens is 406 g/mol. The van der Waals surface area contributed by atoms with Crippen molar-refractivity contribution < 1.29 is 0 Å². The topological polar surface area (TPSA) is 99.1 Å². The van der Waals surface area contributed by atoms with Crippen molar-refractivity contribution in [1.82, 2.24) is 23.7 Å². The molecule has 3 heterocycles. The summed E-state index contributed by atoms with van der Waals surface area (Å²) in [5.41, 5.74) is 3.93. The molecule has 0 amide bonds. The maximum atomic E-state index is 12.9. The molecule has 30 heavy (non-hydrogen) atoms. The number of hydrogen-bond acceptors (Lipinski definition) is 6. The Morgan fingerprint density at radius 2 is 1.87 bits per heavy atom. The van der Waals surface area contributed by atoms with E-state index in [0.717, 1.165) is 10.1 Å². The number of rotatable bonds is 5. The van der Waals surface area contributed by atoms with Gasteiger partial charge in [0, 0.05) is 25.3 Å². The van der Waals surface area contributed by atoms with E-state index in [1.807, 2.05) is 30.3 Å². The van der Waals surface area contributed by atoms with Crippen molar-refractivity contribution in [2.24, 2.45) is 19.2 Å². The quantitative estimate of drug-likeness (QED) is 0.391. The van der Waals surface area contributed by atoms with Crippen LogP contribution < -0.4 is 16.7 Å². The summed E-state index contributed by atoms with van der Waals surface area (Å²) in [6, 6.07) is 12.8. The number of aryl methyl sites for hydroxylation is 1. The Labute approximate surface area is 175 Å². The van der Waals surface area contributed by atoms with Crippen molar-refractivity contribution in [1.29, 1.82) is 0 Å². The third-order valence-electron chi connectivity index (χ3n) is 4.68. The van der Waals surface area contributed by atoms with Crippen LogP contribution in [0, 0.1) is 0 Å². The highest BCUT2D eigenvalue weighted by Crippen LogP contribution is 2.22. The van der Waals surface area contributed by atoms with Crippen LogP contribution in [0.1, 0.15) is 11.3 Å². The normalized spacial score (nSPS) is 11.4. The van der Waals surface area contributed by atoms with Gasteiger partial charge in [0.05, 0.1) is 18.5 Å². The van der Waals surface area contributed by atoms with Gasteiger partial charge in [-0.25, -0.2) is 10.2 Å². The molecule has 0 saturated heterocycles. The molecule has 0 fully saturated rings. The van der Waals surface area contributed by atoms with E-state index >= 15 is 0 Å². The standard InChI is InChI=1S/C20H18ClN7O2/c1-26-17-16(18(29)27(2)20(26)30)28(12-13-7-3-4-9-15(13)21)19(24-17)25-23-11-14-8-5-6-10-22-14/h3-11H,12H2,1-2H3,(H,24,25)/b23-11-. The van der Waals surface area contributed by atoms with Crippen LogP contribution in [-0.2, 0) is 20.6 Å². The van der Waals surface area contributed by atoms with Gasteiger partial charge in [-0.05, 0) is 23.8 Å². The van der Waals surface area contributed by atoms with Crippen LogP contribution in [0.2, 0.25) is 5.02 Å². The summed E-state index contributed by atoms with van der Waals surface area (Å²) in [6.07, 6.45) is 3.20. The van der Waals surface area contributed by atoms with Gasteiger partial charge in [0.1, 0.15) is 0 Å². The number of hydrogen-bond donors (Lipinski definition) is 1. The number of benzene rings is 1. The molecular formula is C20H18ClN7O2. The second-order valence-corrected chi connectivity index (χ2v) is 7.02. The van der Waals surface area contributed by atoms with Crippen molar-refractivity contribution in [3.63, 3.8) is 0 Å². The Kier molecular flexibility index (Phi) is 5.20. The van der Waals surface area contributed by atoms with Crippen molar-refractivity contribution in [2.45, 2.75) is 6.54 Å². The van der Waals surface area contributed by atoms with Gasteiger partial charge < -0.3 is 0 Å². The molecule has 0 atom stereocenters.